The Balaban J connectivity index is 1.47. The Morgan fingerprint density at radius 1 is 1.04 bits per heavy atom. The third kappa shape index (κ3) is 2.99. The van der Waals surface area contributed by atoms with Crippen molar-refractivity contribution in [2.24, 2.45) is 0 Å². The van der Waals surface area contributed by atoms with E-state index in [0.29, 0.717) is 11.6 Å². The SMILES string of the molecule is O=C(Nc1c2c(nn1-c1ccccc1)CSC2)c1cc(-c2ccccc2)on1. The molecular weight excluding hydrogens is 372 g/mol. The summed E-state index contributed by atoms with van der Waals surface area (Å²) in [5, 5.41) is 11.6. The molecule has 0 unspecified atom stereocenters. The number of nitrogens with zero attached hydrogens (tertiary/aromatic N) is 3. The molecule has 2 aromatic heterocycles. The first-order valence-electron chi connectivity index (χ1n) is 8.87. The molecule has 28 heavy (non-hydrogen) atoms. The second-order valence-corrected chi connectivity index (χ2v) is 7.40. The van der Waals surface area contributed by atoms with Gasteiger partial charge in [-0.05, 0) is 12.1 Å². The van der Waals surface area contributed by atoms with E-state index < -0.39 is 0 Å². The number of thioether (sulfide) groups is 1. The maximum atomic E-state index is 12.9. The number of anilines is 1. The Kier molecular flexibility index (Phi) is 4.21. The van der Waals surface area contributed by atoms with Crippen molar-refractivity contribution in [3.63, 3.8) is 0 Å². The fourth-order valence-electron chi connectivity index (χ4n) is 3.19. The van der Waals surface area contributed by atoms with Crippen LogP contribution in [0.4, 0.5) is 5.82 Å². The standard InChI is InChI=1S/C21H16N4O2S/c26-21(17-11-19(27-24-17)14-7-3-1-4-8-14)22-20-16-12-28-13-18(16)23-25(20)15-9-5-2-6-10-15/h1-11H,12-13H2,(H,22,26). The molecule has 1 aliphatic rings. The van der Waals surface area contributed by atoms with E-state index in [2.05, 4.69) is 10.5 Å². The van der Waals surface area contributed by atoms with Crippen molar-refractivity contribution in [3.8, 4) is 17.0 Å². The first-order chi connectivity index (χ1) is 13.8. The second kappa shape index (κ2) is 7.01. The maximum absolute atomic E-state index is 12.9. The van der Waals surface area contributed by atoms with Crippen LogP contribution >= 0.6 is 11.8 Å². The summed E-state index contributed by atoms with van der Waals surface area (Å²) in [7, 11) is 0. The highest BCUT2D eigenvalue weighted by molar-refractivity contribution is 7.98. The smallest absolute Gasteiger partial charge is 0.279 e. The first-order valence-corrected chi connectivity index (χ1v) is 10.0. The third-order valence-corrected chi connectivity index (χ3v) is 5.56. The molecule has 0 atom stereocenters. The highest BCUT2D eigenvalue weighted by atomic mass is 32.2. The minimum absolute atomic E-state index is 0.235. The summed E-state index contributed by atoms with van der Waals surface area (Å²) in [6.07, 6.45) is 0. The van der Waals surface area contributed by atoms with Crippen molar-refractivity contribution in [2.45, 2.75) is 11.5 Å². The van der Waals surface area contributed by atoms with Crippen molar-refractivity contribution >= 4 is 23.5 Å². The van der Waals surface area contributed by atoms with Crippen molar-refractivity contribution in [1.82, 2.24) is 14.9 Å². The summed E-state index contributed by atoms with van der Waals surface area (Å²) in [6.45, 7) is 0. The van der Waals surface area contributed by atoms with Crippen LogP contribution in [-0.2, 0) is 11.5 Å². The molecule has 0 aliphatic carbocycles. The normalized spacial score (nSPS) is 12.7. The molecule has 0 saturated carbocycles. The molecule has 6 nitrogen and oxygen atoms in total. The summed E-state index contributed by atoms with van der Waals surface area (Å²) in [4.78, 5) is 12.9. The number of hydrogen-bond donors (Lipinski definition) is 1. The second-order valence-electron chi connectivity index (χ2n) is 6.41. The van der Waals surface area contributed by atoms with E-state index in [1.165, 1.54) is 0 Å². The average molecular weight is 388 g/mol. The van der Waals surface area contributed by atoms with Crippen LogP contribution in [0.15, 0.2) is 71.3 Å². The van der Waals surface area contributed by atoms with Crippen LogP contribution in [0.1, 0.15) is 21.7 Å². The van der Waals surface area contributed by atoms with Gasteiger partial charge in [-0.2, -0.15) is 16.9 Å². The van der Waals surface area contributed by atoms with Gasteiger partial charge in [0.2, 0.25) is 0 Å². The molecule has 3 heterocycles. The quantitative estimate of drug-likeness (QED) is 0.556. The molecule has 1 N–H and O–H groups in total. The number of hydrogen-bond acceptors (Lipinski definition) is 5. The van der Waals surface area contributed by atoms with Gasteiger partial charge in [0, 0.05) is 28.7 Å². The number of carbonyl (C=O) groups is 1. The first kappa shape index (κ1) is 16.8. The van der Waals surface area contributed by atoms with Crippen LogP contribution in [0.2, 0.25) is 0 Å². The highest BCUT2D eigenvalue weighted by Gasteiger charge is 2.26. The predicted octanol–water partition coefficient (Wildman–Crippen LogP) is 4.53. The minimum Gasteiger partial charge on any atom is -0.355 e. The number of para-hydroxylation sites is 1. The van der Waals surface area contributed by atoms with Crippen LogP contribution in [0, 0.1) is 0 Å². The van der Waals surface area contributed by atoms with Gasteiger partial charge in [-0.3, -0.25) is 4.79 Å². The zero-order valence-electron chi connectivity index (χ0n) is 14.8. The monoisotopic (exact) mass is 388 g/mol. The molecule has 1 amide bonds. The van der Waals surface area contributed by atoms with E-state index in [1.807, 2.05) is 60.7 Å². The Labute approximate surface area is 165 Å². The van der Waals surface area contributed by atoms with Gasteiger partial charge in [-0.1, -0.05) is 53.7 Å². The molecule has 4 aromatic rings. The van der Waals surface area contributed by atoms with Gasteiger partial charge in [-0.25, -0.2) is 4.68 Å². The molecule has 1 aliphatic heterocycles. The number of amides is 1. The van der Waals surface area contributed by atoms with Gasteiger partial charge in [0.05, 0.1) is 11.4 Å². The molecule has 2 aromatic carbocycles. The summed E-state index contributed by atoms with van der Waals surface area (Å²) in [5.74, 6) is 2.61. The number of rotatable bonds is 4. The van der Waals surface area contributed by atoms with E-state index >= 15 is 0 Å². The molecule has 0 spiro atoms. The molecule has 0 bridgehead atoms. The Bertz CT molecular complexity index is 1140. The van der Waals surface area contributed by atoms with Crippen LogP contribution in [0.3, 0.4) is 0 Å². The summed E-state index contributed by atoms with van der Waals surface area (Å²) in [6, 6.07) is 21.0. The Hall–Kier alpha value is -3.32. The van der Waals surface area contributed by atoms with Crippen molar-refractivity contribution < 1.29 is 9.32 Å². The molecule has 0 radical (unpaired) electrons. The zero-order valence-corrected chi connectivity index (χ0v) is 15.6. The number of benzene rings is 2. The van der Waals surface area contributed by atoms with Gasteiger partial charge >= 0.3 is 0 Å². The topological polar surface area (TPSA) is 73.0 Å². The minimum atomic E-state index is -0.317. The maximum Gasteiger partial charge on any atom is 0.279 e. The van der Waals surface area contributed by atoms with Gasteiger partial charge in [0.25, 0.3) is 5.91 Å². The van der Waals surface area contributed by atoms with Crippen LogP contribution in [0.5, 0.6) is 0 Å². The van der Waals surface area contributed by atoms with Crippen LogP contribution in [-0.4, -0.2) is 20.8 Å². The van der Waals surface area contributed by atoms with E-state index in [-0.39, 0.29) is 11.6 Å². The average Bonchev–Trinajstić information content (AvgIpc) is 3.47. The van der Waals surface area contributed by atoms with Gasteiger partial charge in [0.1, 0.15) is 5.82 Å². The number of nitrogens with one attached hydrogen (secondary N) is 1. The highest BCUT2D eigenvalue weighted by Crippen LogP contribution is 2.36. The fourth-order valence-corrected chi connectivity index (χ4v) is 4.22. The fraction of sp³-hybridized carbons (Fsp3) is 0.0952. The Morgan fingerprint density at radius 3 is 2.57 bits per heavy atom. The third-order valence-electron chi connectivity index (χ3n) is 4.59. The van der Waals surface area contributed by atoms with Crippen molar-refractivity contribution in [3.05, 3.63) is 83.7 Å². The van der Waals surface area contributed by atoms with Gasteiger partial charge in [0.15, 0.2) is 11.5 Å². The molecule has 0 fully saturated rings. The number of fused-ring (bicyclic) bond motifs is 1. The zero-order chi connectivity index (χ0) is 18.9. The summed E-state index contributed by atoms with van der Waals surface area (Å²) in [5.41, 5.74) is 4.09. The van der Waals surface area contributed by atoms with Crippen molar-refractivity contribution in [2.75, 3.05) is 5.32 Å². The number of aromatic nitrogens is 3. The summed E-state index contributed by atoms with van der Waals surface area (Å²) < 4.78 is 7.15. The van der Waals surface area contributed by atoms with E-state index in [0.717, 1.165) is 34.0 Å². The van der Waals surface area contributed by atoms with E-state index in [1.54, 1.807) is 22.5 Å². The molecule has 5 rings (SSSR count). The van der Waals surface area contributed by atoms with Gasteiger partial charge in [-0.15, -0.1) is 0 Å². The lowest BCUT2D eigenvalue weighted by Crippen LogP contribution is -2.16. The molecule has 0 saturated heterocycles. The summed E-state index contributed by atoms with van der Waals surface area (Å²) >= 11 is 1.79. The van der Waals surface area contributed by atoms with Crippen LogP contribution in [0.25, 0.3) is 17.0 Å². The number of carbonyl (C=O) groups excluding carboxylic acids is 1. The lowest BCUT2D eigenvalue weighted by Gasteiger charge is -2.09. The molecule has 138 valence electrons. The van der Waals surface area contributed by atoms with Crippen molar-refractivity contribution in [1.29, 1.82) is 0 Å². The largest absolute Gasteiger partial charge is 0.355 e. The Morgan fingerprint density at radius 2 is 1.79 bits per heavy atom. The molecule has 7 heteroatoms. The van der Waals surface area contributed by atoms with E-state index in [9.17, 15) is 4.79 Å². The lowest BCUT2D eigenvalue weighted by atomic mass is 10.1. The lowest BCUT2D eigenvalue weighted by molar-refractivity contribution is 0.101. The van der Waals surface area contributed by atoms with Crippen LogP contribution < -0.4 is 5.32 Å². The molecular formula is C21H16N4O2S. The van der Waals surface area contributed by atoms with E-state index in [4.69, 9.17) is 9.62 Å². The predicted molar refractivity (Wildman–Crippen MR) is 108 cm³/mol. The van der Waals surface area contributed by atoms with Gasteiger partial charge < -0.3 is 9.84 Å².